The normalized spacial score (nSPS) is 10.9. The average Bonchev–Trinajstić information content (AvgIpc) is 2.38. The zero-order chi connectivity index (χ0) is 13.6. The number of phenolic OH excluding ortho intramolecular Hbond substituents is 1. The first-order valence-electron chi connectivity index (χ1n) is 5.59. The lowest BCUT2D eigenvalue weighted by Gasteiger charge is -2.06. The molecule has 0 atom stereocenters. The molecule has 0 spiro atoms. The first-order chi connectivity index (χ1) is 9.10. The Morgan fingerprint density at radius 1 is 1.16 bits per heavy atom. The van der Waals surface area contributed by atoms with Gasteiger partial charge in [0.25, 0.3) is 0 Å². The highest BCUT2D eigenvalue weighted by Crippen LogP contribution is 2.28. The van der Waals surface area contributed by atoms with Crippen LogP contribution in [0.5, 0.6) is 5.75 Å². The summed E-state index contributed by atoms with van der Waals surface area (Å²) in [5, 5.41) is 18.4. The van der Waals surface area contributed by atoms with Crippen LogP contribution in [0, 0.1) is 5.41 Å². The Labute approximate surface area is 107 Å². The fraction of sp³-hybridized carbons (Fsp3) is 0. The van der Waals surface area contributed by atoms with Crippen molar-refractivity contribution in [3.63, 3.8) is 0 Å². The van der Waals surface area contributed by atoms with Crippen molar-refractivity contribution in [2.45, 2.75) is 0 Å². The molecule has 5 heteroatoms. The maximum atomic E-state index is 11.9. The van der Waals surface area contributed by atoms with Crippen LogP contribution in [0.2, 0.25) is 0 Å². The summed E-state index contributed by atoms with van der Waals surface area (Å²) < 4.78 is 5.16. The van der Waals surface area contributed by atoms with Crippen LogP contribution in [0.15, 0.2) is 39.5 Å². The standard InChI is InChI=1S/C14H10N2O3/c15-6-7-3-10-9-2-1-8(17)4-13(9)19-14(18)11(10)5-12(7)16/h1-6,15,17H,16H2. The largest absolute Gasteiger partial charge is 0.508 e. The second-order valence-corrected chi connectivity index (χ2v) is 4.24. The van der Waals surface area contributed by atoms with Crippen LogP contribution in [-0.4, -0.2) is 11.3 Å². The summed E-state index contributed by atoms with van der Waals surface area (Å²) in [4.78, 5) is 11.9. The van der Waals surface area contributed by atoms with E-state index in [1.807, 2.05) is 0 Å². The number of rotatable bonds is 1. The van der Waals surface area contributed by atoms with E-state index in [-0.39, 0.29) is 5.75 Å². The van der Waals surface area contributed by atoms with Gasteiger partial charge in [0.05, 0.1) is 5.39 Å². The van der Waals surface area contributed by atoms with Gasteiger partial charge in [0.2, 0.25) is 0 Å². The molecule has 2 aromatic carbocycles. The molecule has 0 fully saturated rings. The van der Waals surface area contributed by atoms with Gasteiger partial charge in [-0.05, 0) is 24.3 Å². The number of anilines is 1. The van der Waals surface area contributed by atoms with Crippen molar-refractivity contribution < 1.29 is 9.52 Å². The Bertz CT molecular complexity index is 881. The Balaban J connectivity index is 2.59. The lowest BCUT2D eigenvalue weighted by molar-refractivity contribution is 0.473. The number of hydrogen-bond acceptors (Lipinski definition) is 5. The quantitative estimate of drug-likeness (QED) is 0.268. The minimum Gasteiger partial charge on any atom is -0.508 e. The third-order valence-corrected chi connectivity index (χ3v) is 3.06. The monoisotopic (exact) mass is 254 g/mol. The summed E-state index contributed by atoms with van der Waals surface area (Å²) in [5.74, 6) is 0.0257. The SMILES string of the molecule is N=Cc1cc2c(cc1N)c(=O)oc1cc(O)ccc12. The number of nitrogen functional groups attached to an aromatic ring is 1. The van der Waals surface area contributed by atoms with Crippen LogP contribution in [0.4, 0.5) is 5.69 Å². The van der Waals surface area contributed by atoms with Gasteiger partial charge >= 0.3 is 5.63 Å². The molecule has 0 aliphatic rings. The predicted molar refractivity (Wildman–Crippen MR) is 74.0 cm³/mol. The molecule has 3 rings (SSSR count). The van der Waals surface area contributed by atoms with E-state index in [4.69, 9.17) is 15.6 Å². The van der Waals surface area contributed by atoms with Crippen LogP contribution < -0.4 is 11.4 Å². The Morgan fingerprint density at radius 2 is 1.95 bits per heavy atom. The molecule has 1 aromatic heterocycles. The second kappa shape index (κ2) is 3.84. The highest BCUT2D eigenvalue weighted by Gasteiger charge is 2.10. The van der Waals surface area contributed by atoms with E-state index >= 15 is 0 Å². The number of aromatic hydroxyl groups is 1. The Hall–Kier alpha value is -2.82. The van der Waals surface area contributed by atoms with E-state index in [1.54, 1.807) is 12.1 Å². The molecular weight excluding hydrogens is 244 g/mol. The molecule has 0 saturated heterocycles. The van der Waals surface area contributed by atoms with E-state index in [0.29, 0.717) is 33.0 Å². The molecule has 0 bridgehead atoms. The van der Waals surface area contributed by atoms with Gasteiger partial charge in [0, 0.05) is 34.3 Å². The van der Waals surface area contributed by atoms with Gasteiger partial charge in [0.15, 0.2) is 0 Å². The van der Waals surface area contributed by atoms with E-state index < -0.39 is 5.63 Å². The molecule has 3 aromatic rings. The summed E-state index contributed by atoms with van der Waals surface area (Å²) in [7, 11) is 0. The van der Waals surface area contributed by atoms with E-state index in [0.717, 1.165) is 6.21 Å². The molecule has 5 nitrogen and oxygen atoms in total. The highest BCUT2D eigenvalue weighted by atomic mass is 16.4. The maximum absolute atomic E-state index is 11.9. The van der Waals surface area contributed by atoms with E-state index in [9.17, 15) is 9.90 Å². The first-order valence-corrected chi connectivity index (χ1v) is 5.59. The molecule has 94 valence electrons. The van der Waals surface area contributed by atoms with E-state index in [2.05, 4.69) is 0 Å². The number of benzene rings is 2. The topological polar surface area (TPSA) is 100 Å². The minimum atomic E-state index is -0.517. The number of hydrogen-bond donors (Lipinski definition) is 3. The van der Waals surface area contributed by atoms with Crippen LogP contribution in [-0.2, 0) is 0 Å². The van der Waals surface area contributed by atoms with Crippen molar-refractivity contribution >= 4 is 33.6 Å². The summed E-state index contributed by atoms with van der Waals surface area (Å²) in [5.41, 5.74) is 6.44. The number of nitrogens with two attached hydrogens (primary N) is 1. The molecule has 0 aliphatic heterocycles. The summed E-state index contributed by atoms with van der Waals surface area (Å²) in [6.07, 6.45) is 1.13. The van der Waals surface area contributed by atoms with Gasteiger partial charge < -0.3 is 20.7 Å². The lowest BCUT2D eigenvalue weighted by Crippen LogP contribution is -2.02. The fourth-order valence-electron chi connectivity index (χ4n) is 2.12. The van der Waals surface area contributed by atoms with Crippen molar-refractivity contribution in [2.24, 2.45) is 0 Å². The smallest absolute Gasteiger partial charge is 0.344 e. The van der Waals surface area contributed by atoms with Crippen molar-refractivity contribution in [1.29, 1.82) is 5.41 Å². The van der Waals surface area contributed by atoms with Gasteiger partial charge in [-0.25, -0.2) is 4.79 Å². The molecule has 19 heavy (non-hydrogen) atoms. The Morgan fingerprint density at radius 3 is 2.68 bits per heavy atom. The van der Waals surface area contributed by atoms with Crippen LogP contribution in [0.25, 0.3) is 21.7 Å². The van der Waals surface area contributed by atoms with Gasteiger partial charge in [-0.15, -0.1) is 0 Å². The fourth-order valence-corrected chi connectivity index (χ4v) is 2.12. The predicted octanol–water partition coefficient (Wildman–Crippen LogP) is 2.23. The molecule has 0 radical (unpaired) electrons. The van der Waals surface area contributed by atoms with Crippen LogP contribution in [0.1, 0.15) is 5.56 Å². The third-order valence-electron chi connectivity index (χ3n) is 3.06. The molecule has 0 aliphatic carbocycles. The van der Waals surface area contributed by atoms with Crippen LogP contribution in [0.3, 0.4) is 0 Å². The van der Waals surface area contributed by atoms with Crippen molar-refractivity contribution in [3.05, 3.63) is 46.3 Å². The Kier molecular flexibility index (Phi) is 2.28. The molecule has 1 heterocycles. The zero-order valence-electron chi connectivity index (χ0n) is 9.81. The number of nitrogens with one attached hydrogen (secondary N) is 1. The van der Waals surface area contributed by atoms with Gasteiger partial charge in [-0.2, -0.15) is 0 Å². The minimum absolute atomic E-state index is 0.0257. The molecule has 4 N–H and O–H groups in total. The van der Waals surface area contributed by atoms with E-state index in [1.165, 1.54) is 18.2 Å². The summed E-state index contributed by atoms with van der Waals surface area (Å²) in [6, 6.07) is 7.75. The molecular formula is C14H10N2O3. The van der Waals surface area contributed by atoms with Gasteiger partial charge in [-0.1, -0.05) is 0 Å². The molecule has 0 saturated carbocycles. The lowest BCUT2D eigenvalue weighted by atomic mass is 10.0. The number of phenols is 1. The zero-order valence-corrected chi connectivity index (χ0v) is 9.81. The van der Waals surface area contributed by atoms with Crippen molar-refractivity contribution in [1.82, 2.24) is 0 Å². The maximum Gasteiger partial charge on any atom is 0.344 e. The van der Waals surface area contributed by atoms with Crippen LogP contribution >= 0.6 is 0 Å². The average molecular weight is 254 g/mol. The van der Waals surface area contributed by atoms with Gasteiger partial charge in [-0.3, -0.25) is 0 Å². The first kappa shape index (κ1) is 11.3. The molecule has 0 unspecified atom stereocenters. The number of fused-ring (bicyclic) bond motifs is 3. The third kappa shape index (κ3) is 1.63. The summed E-state index contributed by atoms with van der Waals surface area (Å²) >= 11 is 0. The van der Waals surface area contributed by atoms with Crippen molar-refractivity contribution in [2.75, 3.05) is 5.73 Å². The molecule has 0 amide bonds. The highest BCUT2D eigenvalue weighted by molar-refractivity contribution is 6.08. The second-order valence-electron chi connectivity index (χ2n) is 4.24. The summed E-state index contributed by atoms with van der Waals surface area (Å²) in [6.45, 7) is 0. The van der Waals surface area contributed by atoms with Gasteiger partial charge in [0.1, 0.15) is 11.3 Å². The van der Waals surface area contributed by atoms with Crippen molar-refractivity contribution in [3.8, 4) is 5.75 Å².